The van der Waals surface area contributed by atoms with Crippen LogP contribution in [0.2, 0.25) is 5.15 Å². The molecule has 0 bridgehead atoms. The largest absolute Gasteiger partial charge is 0.478 e. The molecule has 2 rings (SSSR count). The predicted molar refractivity (Wildman–Crippen MR) is 74.5 cm³/mol. The number of rotatable bonds is 4. The number of nitrogens with one attached hydrogen (secondary N) is 1. The zero-order valence-electron chi connectivity index (χ0n) is 10.8. The lowest BCUT2D eigenvalue weighted by molar-refractivity contribution is 0.0698. The van der Waals surface area contributed by atoms with Gasteiger partial charge in [0.15, 0.2) is 0 Å². The van der Waals surface area contributed by atoms with E-state index in [4.69, 9.17) is 16.7 Å². The molecule has 0 spiro atoms. The minimum absolute atomic E-state index is 0.0123. The van der Waals surface area contributed by atoms with E-state index in [1.165, 1.54) is 5.56 Å². The molecule has 0 aliphatic carbocycles. The fraction of sp³-hybridized carbons (Fsp3) is 0.286. The Morgan fingerprint density at radius 1 is 1.37 bits per heavy atom. The van der Waals surface area contributed by atoms with E-state index in [0.29, 0.717) is 11.6 Å². The fourth-order valence-corrected chi connectivity index (χ4v) is 2.21. The highest BCUT2D eigenvalue weighted by Crippen LogP contribution is 2.27. The number of hydrogen-bond donors (Lipinski definition) is 2. The number of aromatic amines is 1. The van der Waals surface area contributed by atoms with E-state index in [2.05, 4.69) is 24.0 Å². The van der Waals surface area contributed by atoms with Crippen molar-refractivity contribution in [3.05, 3.63) is 40.5 Å². The number of carboxylic acid groups (broad SMARTS) is 1. The summed E-state index contributed by atoms with van der Waals surface area (Å²) in [7, 11) is 0. The third-order valence-corrected chi connectivity index (χ3v) is 3.08. The van der Waals surface area contributed by atoms with Crippen LogP contribution in [-0.2, 0) is 6.42 Å². The maximum atomic E-state index is 11.1. The highest BCUT2D eigenvalue weighted by atomic mass is 35.5. The highest BCUT2D eigenvalue weighted by molar-refractivity contribution is 6.33. The molecule has 100 valence electrons. The van der Waals surface area contributed by atoms with Crippen molar-refractivity contribution in [1.82, 2.24) is 10.2 Å². The van der Waals surface area contributed by atoms with Crippen LogP contribution < -0.4 is 0 Å². The zero-order valence-corrected chi connectivity index (χ0v) is 11.5. The molecule has 0 aliphatic rings. The average Bonchev–Trinajstić information content (AvgIpc) is 2.71. The summed E-state index contributed by atoms with van der Waals surface area (Å²) < 4.78 is 0. The first kappa shape index (κ1) is 13.6. The Bertz CT molecular complexity index is 588. The van der Waals surface area contributed by atoms with Crippen molar-refractivity contribution in [3.8, 4) is 11.3 Å². The molecule has 0 aliphatic heterocycles. The molecular formula is C14H15ClN2O2. The molecule has 0 amide bonds. The third kappa shape index (κ3) is 2.96. The summed E-state index contributed by atoms with van der Waals surface area (Å²) in [6, 6.07) is 7.72. The van der Waals surface area contributed by atoms with Crippen LogP contribution in [0.3, 0.4) is 0 Å². The summed E-state index contributed by atoms with van der Waals surface area (Å²) >= 11 is 5.79. The molecule has 5 heteroatoms. The number of H-pyrrole nitrogens is 1. The van der Waals surface area contributed by atoms with Crippen molar-refractivity contribution in [2.45, 2.75) is 20.3 Å². The van der Waals surface area contributed by atoms with Gasteiger partial charge in [0.2, 0.25) is 0 Å². The first-order chi connectivity index (χ1) is 8.99. The maximum absolute atomic E-state index is 11.1. The Labute approximate surface area is 116 Å². The van der Waals surface area contributed by atoms with Gasteiger partial charge in [-0.25, -0.2) is 4.79 Å². The Morgan fingerprint density at radius 2 is 2.00 bits per heavy atom. The van der Waals surface area contributed by atoms with E-state index in [1.54, 1.807) is 0 Å². The molecule has 4 nitrogen and oxygen atoms in total. The van der Waals surface area contributed by atoms with E-state index in [9.17, 15) is 4.79 Å². The quantitative estimate of drug-likeness (QED) is 0.897. The smallest absolute Gasteiger partial charge is 0.341 e. The second-order valence-electron chi connectivity index (χ2n) is 4.86. The lowest BCUT2D eigenvalue weighted by atomic mass is 10.00. The molecule has 0 saturated carbocycles. The molecule has 2 N–H and O–H groups in total. The van der Waals surface area contributed by atoms with Crippen LogP contribution in [0.25, 0.3) is 11.3 Å². The summed E-state index contributed by atoms with van der Waals surface area (Å²) in [4.78, 5) is 11.1. The standard InChI is InChI=1S/C14H15ClN2O2/c1-8(2)7-9-3-5-10(6-4-9)12-11(14(18)19)13(15)17-16-12/h3-6,8H,7H2,1-2H3,(H,16,17)(H,18,19). The van der Waals surface area contributed by atoms with Gasteiger partial charge in [0.25, 0.3) is 0 Å². The summed E-state index contributed by atoms with van der Waals surface area (Å²) in [6.45, 7) is 4.31. The molecule has 0 fully saturated rings. The van der Waals surface area contributed by atoms with Gasteiger partial charge >= 0.3 is 5.97 Å². The summed E-state index contributed by atoms with van der Waals surface area (Å²) in [5.41, 5.74) is 2.34. The topological polar surface area (TPSA) is 66.0 Å². The Balaban J connectivity index is 2.35. The van der Waals surface area contributed by atoms with E-state index in [0.717, 1.165) is 12.0 Å². The van der Waals surface area contributed by atoms with Crippen molar-refractivity contribution < 1.29 is 9.90 Å². The summed E-state index contributed by atoms with van der Waals surface area (Å²) in [5, 5.41) is 15.6. The van der Waals surface area contributed by atoms with Crippen LogP contribution in [-0.4, -0.2) is 21.3 Å². The monoisotopic (exact) mass is 278 g/mol. The first-order valence-electron chi connectivity index (χ1n) is 6.05. The van der Waals surface area contributed by atoms with E-state index >= 15 is 0 Å². The number of aromatic carboxylic acids is 1. The van der Waals surface area contributed by atoms with Crippen molar-refractivity contribution in [2.24, 2.45) is 5.92 Å². The Hall–Kier alpha value is -1.81. The van der Waals surface area contributed by atoms with Crippen LogP contribution in [0.15, 0.2) is 24.3 Å². The Kier molecular flexibility index (Phi) is 3.90. The lowest BCUT2D eigenvalue weighted by Crippen LogP contribution is -1.98. The normalized spacial score (nSPS) is 10.9. The number of carboxylic acids is 1. The van der Waals surface area contributed by atoms with Gasteiger partial charge in [-0.15, -0.1) is 0 Å². The number of halogens is 1. The first-order valence-corrected chi connectivity index (χ1v) is 6.43. The minimum atomic E-state index is -1.08. The second-order valence-corrected chi connectivity index (χ2v) is 5.24. The molecule has 1 heterocycles. The van der Waals surface area contributed by atoms with Crippen LogP contribution >= 0.6 is 11.6 Å². The predicted octanol–water partition coefficient (Wildman–Crippen LogP) is 3.63. The van der Waals surface area contributed by atoms with Crippen LogP contribution in [0, 0.1) is 5.92 Å². The lowest BCUT2D eigenvalue weighted by Gasteiger charge is -2.05. The van der Waals surface area contributed by atoms with Gasteiger partial charge in [-0.1, -0.05) is 49.7 Å². The number of carbonyl (C=O) groups is 1. The average molecular weight is 279 g/mol. The van der Waals surface area contributed by atoms with Gasteiger partial charge in [-0.05, 0) is 17.9 Å². The Morgan fingerprint density at radius 3 is 2.53 bits per heavy atom. The third-order valence-electron chi connectivity index (χ3n) is 2.81. The zero-order chi connectivity index (χ0) is 14.0. The van der Waals surface area contributed by atoms with Crippen LogP contribution in [0.5, 0.6) is 0 Å². The van der Waals surface area contributed by atoms with E-state index in [-0.39, 0.29) is 10.7 Å². The van der Waals surface area contributed by atoms with Gasteiger partial charge in [-0.3, -0.25) is 5.10 Å². The molecular weight excluding hydrogens is 264 g/mol. The van der Waals surface area contributed by atoms with Crippen molar-refractivity contribution in [2.75, 3.05) is 0 Å². The molecule has 19 heavy (non-hydrogen) atoms. The van der Waals surface area contributed by atoms with Crippen molar-refractivity contribution in [3.63, 3.8) is 0 Å². The van der Waals surface area contributed by atoms with E-state index < -0.39 is 5.97 Å². The van der Waals surface area contributed by atoms with Gasteiger partial charge in [-0.2, -0.15) is 5.10 Å². The number of benzene rings is 1. The maximum Gasteiger partial charge on any atom is 0.341 e. The van der Waals surface area contributed by atoms with Crippen LogP contribution in [0.1, 0.15) is 29.8 Å². The molecule has 0 radical (unpaired) electrons. The molecule has 0 atom stereocenters. The molecule has 1 aromatic heterocycles. The van der Waals surface area contributed by atoms with E-state index in [1.807, 2.05) is 24.3 Å². The minimum Gasteiger partial charge on any atom is -0.478 e. The highest BCUT2D eigenvalue weighted by Gasteiger charge is 2.19. The second kappa shape index (κ2) is 5.45. The fourth-order valence-electron chi connectivity index (χ4n) is 1.99. The van der Waals surface area contributed by atoms with Crippen molar-refractivity contribution >= 4 is 17.6 Å². The van der Waals surface area contributed by atoms with Gasteiger partial charge < -0.3 is 5.11 Å². The SMILES string of the molecule is CC(C)Cc1ccc(-c2n[nH]c(Cl)c2C(=O)O)cc1. The number of nitrogens with zero attached hydrogens (tertiary/aromatic N) is 1. The molecule has 1 aromatic carbocycles. The number of hydrogen-bond acceptors (Lipinski definition) is 2. The molecule has 2 aromatic rings. The molecule has 0 unspecified atom stereocenters. The summed E-state index contributed by atoms with van der Waals surface area (Å²) in [6.07, 6.45) is 0.993. The summed E-state index contributed by atoms with van der Waals surface area (Å²) in [5.74, 6) is -0.500. The number of aromatic nitrogens is 2. The van der Waals surface area contributed by atoms with Crippen LogP contribution in [0.4, 0.5) is 0 Å². The van der Waals surface area contributed by atoms with Gasteiger partial charge in [0, 0.05) is 5.56 Å². The molecule has 0 saturated heterocycles. The van der Waals surface area contributed by atoms with Gasteiger partial charge in [0.05, 0.1) is 0 Å². The van der Waals surface area contributed by atoms with Crippen molar-refractivity contribution in [1.29, 1.82) is 0 Å². The van der Waals surface area contributed by atoms with Gasteiger partial charge in [0.1, 0.15) is 16.4 Å².